The van der Waals surface area contributed by atoms with Crippen LogP contribution in [0.5, 0.6) is 0 Å². The fourth-order valence-corrected chi connectivity index (χ4v) is 4.74. The third-order valence-corrected chi connectivity index (χ3v) is 5.53. The zero-order valence-corrected chi connectivity index (χ0v) is 12.4. The summed E-state index contributed by atoms with van der Waals surface area (Å²) < 4.78 is 0. The van der Waals surface area contributed by atoms with Gasteiger partial charge < -0.3 is 4.90 Å². The molecule has 0 saturated carbocycles. The van der Waals surface area contributed by atoms with Gasteiger partial charge in [-0.25, -0.2) is 4.98 Å². The van der Waals surface area contributed by atoms with Gasteiger partial charge in [0.2, 0.25) is 5.28 Å². The van der Waals surface area contributed by atoms with Crippen LogP contribution in [0.25, 0.3) is 10.2 Å². The average molecular weight is 294 g/mol. The topological polar surface area (TPSA) is 29.0 Å². The molecule has 0 radical (unpaired) electrons. The van der Waals surface area contributed by atoms with Gasteiger partial charge in [0.15, 0.2) is 0 Å². The molecule has 4 rings (SSSR count). The Kier molecular flexibility index (Phi) is 2.88. The number of aryl methyl sites for hydroxylation is 2. The van der Waals surface area contributed by atoms with E-state index < -0.39 is 0 Å². The summed E-state index contributed by atoms with van der Waals surface area (Å²) in [6.07, 6.45) is 7.50. The van der Waals surface area contributed by atoms with Crippen molar-refractivity contribution in [2.24, 2.45) is 0 Å². The van der Waals surface area contributed by atoms with Crippen LogP contribution in [0.15, 0.2) is 0 Å². The average Bonchev–Trinajstić information content (AvgIpc) is 3.04. The fraction of sp³-hybridized carbons (Fsp3) is 0.571. The Morgan fingerprint density at radius 1 is 1.00 bits per heavy atom. The molecule has 0 bridgehead atoms. The Labute approximate surface area is 121 Å². The minimum Gasteiger partial charge on any atom is -0.356 e. The van der Waals surface area contributed by atoms with Crippen molar-refractivity contribution in [3.63, 3.8) is 0 Å². The molecule has 19 heavy (non-hydrogen) atoms. The zero-order valence-electron chi connectivity index (χ0n) is 10.8. The summed E-state index contributed by atoms with van der Waals surface area (Å²) in [5, 5.41) is 1.69. The molecule has 0 aromatic carbocycles. The molecule has 2 aromatic heterocycles. The number of thiophene rings is 1. The molecular formula is C14H16ClN3S. The summed E-state index contributed by atoms with van der Waals surface area (Å²) in [5.74, 6) is 1.09. The van der Waals surface area contributed by atoms with E-state index >= 15 is 0 Å². The molecule has 3 heterocycles. The Balaban J connectivity index is 1.96. The van der Waals surface area contributed by atoms with Gasteiger partial charge in [0.05, 0.1) is 5.39 Å². The van der Waals surface area contributed by atoms with Crippen LogP contribution in [-0.4, -0.2) is 23.1 Å². The van der Waals surface area contributed by atoms with Crippen molar-refractivity contribution in [3.05, 3.63) is 15.7 Å². The highest BCUT2D eigenvalue weighted by Crippen LogP contribution is 2.40. The van der Waals surface area contributed by atoms with Crippen molar-refractivity contribution in [3.8, 4) is 0 Å². The number of anilines is 1. The highest BCUT2D eigenvalue weighted by Gasteiger charge is 2.24. The van der Waals surface area contributed by atoms with Crippen LogP contribution in [-0.2, 0) is 12.8 Å². The van der Waals surface area contributed by atoms with Gasteiger partial charge in [-0.05, 0) is 55.7 Å². The Morgan fingerprint density at radius 2 is 1.79 bits per heavy atom. The lowest BCUT2D eigenvalue weighted by molar-refractivity contribution is 0.700. The molecule has 0 atom stereocenters. The molecule has 1 aliphatic heterocycles. The Morgan fingerprint density at radius 3 is 2.63 bits per heavy atom. The summed E-state index contributed by atoms with van der Waals surface area (Å²) in [7, 11) is 0. The molecule has 2 aromatic rings. The first kappa shape index (κ1) is 11.9. The van der Waals surface area contributed by atoms with E-state index in [1.54, 1.807) is 0 Å². The second-order valence-corrected chi connectivity index (χ2v) is 6.82. The molecular weight excluding hydrogens is 278 g/mol. The summed E-state index contributed by atoms with van der Waals surface area (Å²) in [6, 6.07) is 0. The van der Waals surface area contributed by atoms with Gasteiger partial charge >= 0.3 is 0 Å². The molecule has 0 amide bonds. The normalized spacial score (nSPS) is 19.1. The smallest absolute Gasteiger partial charge is 0.225 e. The molecule has 1 aliphatic carbocycles. The van der Waals surface area contributed by atoms with Gasteiger partial charge in [-0.15, -0.1) is 11.3 Å². The van der Waals surface area contributed by atoms with E-state index in [9.17, 15) is 0 Å². The largest absolute Gasteiger partial charge is 0.356 e. The molecule has 2 aliphatic rings. The lowest BCUT2D eigenvalue weighted by Gasteiger charge is -2.19. The maximum Gasteiger partial charge on any atom is 0.225 e. The number of hydrogen-bond donors (Lipinski definition) is 0. The van der Waals surface area contributed by atoms with Gasteiger partial charge in [0.25, 0.3) is 0 Å². The number of aromatic nitrogens is 2. The number of rotatable bonds is 1. The predicted octanol–water partition coefficient (Wildman–Crippen LogP) is 3.82. The first-order valence-corrected chi connectivity index (χ1v) is 8.25. The standard InChI is InChI=1S/C14H16ClN3S/c15-14-16-12(18-7-3-4-8-18)11-9-5-1-2-6-10(9)19-13(11)17-14/h1-8H2. The van der Waals surface area contributed by atoms with Gasteiger partial charge in [0, 0.05) is 18.0 Å². The van der Waals surface area contributed by atoms with Crippen LogP contribution in [0, 0.1) is 0 Å². The molecule has 100 valence electrons. The van der Waals surface area contributed by atoms with E-state index in [0.29, 0.717) is 5.28 Å². The van der Waals surface area contributed by atoms with Gasteiger partial charge in [-0.1, -0.05) is 0 Å². The Hall–Kier alpha value is -0.870. The molecule has 5 heteroatoms. The third kappa shape index (κ3) is 1.93. The third-order valence-electron chi connectivity index (χ3n) is 4.17. The van der Waals surface area contributed by atoms with Crippen LogP contribution in [0.4, 0.5) is 5.82 Å². The monoisotopic (exact) mass is 293 g/mol. The van der Waals surface area contributed by atoms with E-state index in [4.69, 9.17) is 11.6 Å². The van der Waals surface area contributed by atoms with Crippen molar-refractivity contribution >= 4 is 39.0 Å². The molecule has 0 N–H and O–H groups in total. The van der Waals surface area contributed by atoms with Crippen LogP contribution < -0.4 is 4.90 Å². The van der Waals surface area contributed by atoms with Crippen molar-refractivity contribution in [2.75, 3.05) is 18.0 Å². The van der Waals surface area contributed by atoms with Gasteiger partial charge in [0.1, 0.15) is 10.6 Å². The van der Waals surface area contributed by atoms with Gasteiger partial charge in [-0.3, -0.25) is 0 Å². The molecule has 1 fully saturated rings. The molecule has 1 saturated heterocycles. The highest BCUT2D eigenvalue weighted by molar-refractivity contribution is 7.19. The highest BCUT2D eigenvalue weighted by atomic mass is 35.5. The van der Waals surface area contributed by atoms with Crippen LogP contribution >= 0.6 is 22.9 Å². The second kappa shape index (κ2) is 4.60. The second-order valence-electron chi connectivity index (χ2n) is 5.40. The number of nitrogens with zero attached hydrogens (tertiary/aromatic N) is 3. The number of hydrogen-bond acceptors (Lipinski definition) is 4. The van der Waals surface area contributed by atoms with Crippen LogP contribution in [0.3, 0.4) is 0 Å². The summed E-state index contributed by atoms with van der Waals surface area (Å²) >= 11 is 7.95. The minimum atomic E-state index is 0.396. The predicted molar refractivity (Wildman–Crippen MR) is 80.5 cm³/mol. The fourth-order valence-electron chi connectivity index (χ4n) is 3.27. The van der Waals surface area contributed by atoms with Gasteiger partial charge in [-0.2, -0.15) is 4.98 Å². The molecule has 3 nitrogen and oxygen atoms in total. The van der Waals surface area contributed by atoms with Crippen LogP contribution in [0.1, 0.15) is 36.1 Å². The SMILES string of the molecule is Clc1nc(N2CCCC2)c2c3c(sc2n1)CCCC3. The number of halogens is 1. The van der Waals surface area contributed by atoms with Crippen molar-refractivity contribution in [1.82, 2.24) is 9.97 Å². The quantitative estimate of drug-likeness (QED) is 0.749. The maximum atomic E-state index is 6.12. The van der Waals surface area contributed by atoms with E-state index in [-0.39, 0.29) is 0 Å². The van der Waals surface area contributed by atoms with Crippen molar-refractivity contribution in [2.45, 2.75) is 38.5 Å². The van der Waals surface area contributed by atoms with E-state index in [1.807, 2.05) is 11.3 Å². The lowest BCUT2D eigenvalue weighted by atomic mass is 9.97. The van der Waals surface area contributed by atoms with Crippen LogP contribution in [0.2, 0.25) is 5.28 Å². The first-order valence-electron chi connectivity index (χ1n) is 7.05. The maximum absolute atomic E-state index is 6.12. The van der Waals surface area contributed by atoms with Crippen molar-refractivity contribution < 1.29 is 0 Å². The number of fused-ring (bicyclic) bond motifs is 3. The van der Waals surface area contributed by atoms with Crippen molar-refractivity contribution in [1.29, 1.82) is 0 Å². The molecule has 0 unspecified atom stereocenters. The minimum absolute atomic E-state index is 0.396. The van der Waals surface area contributed by atoms with E-state index in [2.05, 4.69) is 14.9 Å². The summed E-state index contributed by atoms with van der Waals surface area (Å²) in [5.41, 5.74) is 1.50. The lowest BCUT2D eigenvalue weighted by Crippen LogP contribution is -2.20. The first-order chi connectivity index (χ1) is 9.33. The van der Waals surface area contributed by atoms with E-state index in [0.717, 1.165) is 23.7 Å². The summed E-state index contributed by atoms with van der Waals surface area (Å²) in [4.78, 5) is 14.0. The molecule has 0 spiro atoms. The zero-order chi connectivity index (χ0) is 12.8. The summed E-state index contributed by atoms with van der Waals surface area (Å²) in [6.45, 7) is 2.21. The Bertz CT molecular complexity index is 631. The van der Waals surface area contributed by atoms with E-state index in [1.165, 1.54) is 54.4 Å².